The lowest BCUT2D eigenvalue weighted by Gasteiger charge is -1.95. The fraction of sp³-hybridized carbons (Fsp3) is 1.00. The van der Waals surface area contributed by atoms with Crippen LogP contribution in [0.25, 0.3) is 0 Å². The summed E-state index contributed by atoms with van der Waals surface area (Å²) in [5, 5.41) is 1.28. The SMILES string of the molecule is S[C@@H]1CC[C@H](S)C1. The lowest BCUT2D eigenvalue weighted by Crippen LogP contribution is -1.90. The largest absolute Gasteiger partial charge is 0.176 e. The summed E-state index contributed by atoms with van der Waals surface area (Å²) in [5.74, 6) is 0. The Morgan fingerprint density at radius 3 is 1.57 bits per heavy atom. The molecule has 1 aliphatic carbocycles. The van der Waals surface area contributed by atoms with Gasteiger partial charge in [0.05, 0.1) is 0 Å². The summed E-state index contributed by atoms with van der Waals surface area (Å²) in [6.45, 7) is 0. The fourth-order valence-corrected chi connectivity index (χ4v) is 1.91. The van der Waals surface area contributed by atoms with E-state index in [-0.39, 0.29) is 0 Å². The number of thiol groups is 2. The second-order valence-corrected chi connectivity index (χ2v) is 3.58. The Bertz CT molecular complexity index is 55.1. The Morgan fingerprint density at radius 1 is 1.00 bits per heavy atom. The highest BCUT2D eigenvalue weighted by Gasteiger charge is 2.17. The molecule has 0 aromatic rings. The van der Waals surface area contributed by atoms with Gasteiger partial charge < -0.3 is 0 Å². The predicted octanol–water partition coefficient (Wildman–Crippen LogP) is 1.77. The van der Waals surface area contributed by atoms with Crippen LogP contribution in [0, 0.1) is 0 Å². The Kier molecular flexibility index (Phi) is 1.93. The van der Waals surface area contributed by atoms with E-state index in [0.29, 0.717) is 10.5 Å². The van der Waals surface area contributed by atoms with Crippen LogP contribution in [0.5, 0.6) is 0 Å². The first-order valence-corrected chi connectivity index (χ1v) is 3.68. The maximum atomic E-state index is 4.30. The summed E-state index contributed by atoms with van der Waals surface area (Å²) < 4.78 is 0. The molecule has 1 rings (SSSR count). The second kappa shape index (κ2) is 2.31. The molecule has 0 spiro atoms. The van der Waals surface area contributed by atoms with Gasteiger partial charge in [0.1, 0.15) is 0 Å². The van der Waals surface area contributed by atoms with Gasteiger partial charge in [-0.15, -0.1) is 0 Å². The zero-order valence-corrected chi connectivity index (χ0v) is 5.96. The molecule has 1 aliphatic rings. The smallest absolute Gasteiger partial charge is 0.00276 e. The molecule has 7 heavy (non-hydrogen) atoms. The Morgan fingerprint density at radius 2 is 1.43 bits per heavy atom. The van der Waals surface area contributed by atoms with Crippen LogP contribution in [0.4, 0.5) is 0 Å². The van der Waals surface area contributed by atoms with Gasteiger partial charge in [0.25, 0.3) is 0 Å². The lowest BCUT2D eigenvalue weighted by molar-refractivity contribution is 0.907. The average molecular weight is 134 g/mol. The van der Waals surface area contributed by atoms with Crippen LogP contribution in [0.15, 0.2) is 0 Å². The van der Waals surface area contributed by atoms with Crippen molar-refractivity contribution >= 4 is 25.3 Å². The predicted molar refractivity (Wildman–Crippen MR) is 39.4 cm³/mol. The van der Waals surface area contributed by atoms with Crippen molar-refractivity contribution in [3.8, 4) is 0 Å². The van der Waals surface area contributed by atoms with Gasteiger partial charge in [0, 0.05) is 10.5 Å². The molecule has 0 radical (unpaired) electrons. The van der Waals surface area contributed by atoms with Crippen molar-refractivity contribution in [1.82, 2.24) is 0 Å². The van der Waals surface area contributed by atoms with Crippen molar-refractivity contribution < 1.29 is 0 Å². The van der Waals surface area contributed by atoms with Crippen molar-refractivity contribution in [3.05, 3.63) is 0 Å². The molecule has 2 atom stereocenters. The van der Waals surface area contributed by atoms with E-state index >= 15 is 0 Å². The minimum atomic E-state index is 0.641. The van der Waals surface area contributed by atoms with Crippen LogP contribution in [0.2, 0.25) is 0 Å². The molecule has 0 nitrogen and oxygen atoms in total. The van der Waals surface area contributed by atoms with Crippen LogP contribution in [0.1, 0.15) is 19.3 Å². The van der Waals surface area contributed by atoms with Crippen molar-refractivity contribution in [3.63, 3.8) is 0 Å². The summed E-state index contributed by atoms with van der Waals surface area (Å²) >= 11 is 8.61. The van der Waals surface area contributed by atoms with E-state index in [1.807, 2.05) is 0 Å². The highest BCUT2D eigenvalue weighted by molar-refractivity contribution is 7.82. The molecule has 0 amide bonds. The maximum absolute atomic E-state index is 4.30. The molecular formula is C5H10S2. The maximum Gasteiger partial charge on any atom is 0.00276 e. The standard InChI is InChI=1S/C5H10S2/c6-4-1-2-5(7)3-4/h4-7H,1-3H2/t4-,5+. The van der Waals surface area contributed by atoms with Gasteiger partial charge in [0.2, 0.25) is 0 Å². The Labute approximate surface area is 55.5 Å². The van der Waals surface area contributed by atoms with Gasteiger partial charge in [-0.1, -0.05) is 0 Å². The van der Waals surface area contributed by atoms with E-state index in [9.17, 15) is 0 Å². The van der Waals surface area contributed by atoms with Gasteiger partial charge >= 0.3 is 0 Å². The number of hydrogen-bond donors (Lipinski definition) is 2. The molecule has 0 aliphatic heterocycles. The van der Waals surface area contributed by atoms with Crippen molar-refractivity contribution in [2.45, 2.75) is 29.8 Å². The van der Waals surface area contributed by atoms with Crippen molar-refractivity contribution in [2.75, 3.05) is 0 Å². The van der Waals surface area contributed by atoms with E-state index in [1.54, 1.807) is 0 Å². The van der Waals surface area contributed by atoms with Crippen LogP contribution in [-0.4, -0.2) is 10.5 Å². The molecule has 1 saturated carbocycles. The summed E-state index contributed by atoms with van der Waals surface area (Å²) in [6, 6.07) is 0. The molecule has 0 aromatic carbocycles. The van der Waals surface area contributed by atoms with Crippen LogP contribution >= 0.6 is 25.3 Å². The Hall–Kier alpha value is 0.700. The van der Waals surface area contributed by atoms with Crippen molar-refractivity contribution in [1.29, 1.82) is 0 Å². The molecule has 0 N–H and O–H groups in total. The lowest BCUT2D eigenvalue weighted by atomic mass is 10.4. The summed E-state index contributed by atoms with van der Waals surface area (Å²) in [6.07, 6.45) is 3.72. The van der Waals surface area contributed by atoms with Crippen LogP contribution in [-0.2, 0) is 0 Å². The van der Waals surface area contributed by atoms with Gasteiger partial charge in [-0.3, -0.25) is 0 Å². The first kappa shape index (κ1) is 5.83. The monoisotopic (exact) mass is 134 g/mol. The van der Waals surface area contributed by atoms with E-state index in [4.69, 9.17) is 0 Å². The molecular weight excluding hydrogens is 124 g/mol. The second-order valence-electron chi connectivity index (χ2n) is 2.12. The highest BCUT2D eigenvalue weighted by Crippen LogP contribution is 2.26. The normalized spacial score (nSPS) is 42.0. The fourth-order valence-electron chi connectivity index (χ4n) is 0.935. The zero-order chi connectivity index (χ0) is 5.28. The number of hydrogen-bond acceptors (Lipinski definition) is 2. The van der Waals surface area contributed by atoms with Crippen LogP contribution in [0.3, 0.4) is 0 Å². The summed E-state index contributed by atoms with van der Waals surface area (Å²) in [7, 11) is 0. The highest BCUT2D eigenvalue weighted by atomic mass is 32.1. The molecule has 1 fully saturated rings. The van der Waals surface area contributed by atoms with Gasteiger partial charge in [-0.05, 0) is 19.3 Å². The van der Waals surface area contributed by atoms with E-state index < -0.39 is 0 Å². The Balaban J connectivity index is 2.26. The van der Waals surface area contributed by atoms with E-state index in [0.717, 1.165) is 0 Å². The summed E-state index contributed by atoms with van der Waals surface area (Å²) in [5.41, 5.74) is 0. The van der Waals surface area contributed by atoms with Gasteiger partial charge in [-0.2, -0.15) is 25.3 Å². The minimum Gasteiger partial charge on any atom is -0.176 e. The topological polar surface area (TPSA) is 0 Å². The molecule has 42 valence electrons. The molecule has 0 heterocycles. The summed E-state index contributed by atoms with van der Waals surface area (Å²) in [4.78, 5) is 0. The van der Waals surface area contributed by atoms with E-state index in [1.165, 1.54) is 19.3 Å². The average Bonchev–Trinajstić information content (AvgIpc) is 1.87. The zero-order valence-electron chi connectivity index (χ0n) is 4.17. The third kappa shape index (κ3) is 1.57. The van der Waals surface area contributed by atoms with E-state index in [2.05, 4.69) is 25.3 Å². The van der Waals surface area contributed by atoms with Crippen molar-refractivity contribution in [2.24, 2.45) is 0 Å². The third-order valence-corrected chi connectivity index (χ3v) is 2.32. The molecule has 0 aromatic heterocycles. The molecule has 0 bridgehead atoms. The van der Waals surface area contributed by atoms with Gasteiger partial charge in [0.15, 0.2) is 0 Å². The minimum absolute atomic E-state index is 0.641. The molecule has 0 saturated heterocycles. The van der Waals surface area contributed by atoms with Gasteiger partial charge in [-0.25, -0.2) is 0 Å². The first-order valence-electron chi connectivity index (χ1n) is 2.65. The first-order chi connectivity index (χ1) is 3.29. The third-order valence-electron chi connectivity index (χ3n) is 1.38. The quantitative estimate of drug-likeness (QED) is 0.463. The number of rotatable bonds is 0. The van der Waals surface area contributed by atoms with Crippen LogP contribution < -0.4 is 0 Å². The molecule has 2 heteroatoms. The molecule has 0 unspecified atom stereocenters.